The van der Waals surface area contributed by atoms with Crippen molar-refractivity contribution in [3.05, 3.63) is 53.9 Å². The summed E-state index contributed by atoms with van der Waals surface area (Å²) >= 11 is 0. The van der Waals surface area contributed by atoms with Gasteiger partial charge in [0.1, 0.15) is 0 Å². The molecule has 1 aliphatic carbocycles. The van der Waals surface area contributed by atoms with Crippen LogP contribution in [0.15, 0.2) is 42.7 Å². The summed E-state index contributed by atoms with van der Waals surface area (Å²) in [5.74, 6) is 0.917. The first kappa shape index (κ1) is 15.3. The van der Waals surface area contributed by atoms with Gasteiger partial charge in [0, 0.05) is 31.5 Å². The van der Waals surface area contributed by atoms with Crippen molar-refractivity contribution in [1.82, 2.24) is 9.88 Å². The SMILES string of the molecule is CN(Cc1ccncc1)C(=O)c1ccc(O)c(OCC2CC2)c1. The lowest BCUT2D eigenvalue weighted by molar-refractivity contribution is 0.0784. The van der Waals surface area contributed by atoms with E-state index in [9.17, 15) is 9.90 Å². The molecule has 0 aliphatic heterocycles. The predicted molar refractivity (Wildman–Crippen MR) is 86.4 cm³/mol. The van der Waals surface area contributed by atoms with Gasteiger partial charge in [-0.05, 0) is 54.7 Å². The van der Waals surface area contributed by atoms with Crippen LogP contribution in [-0.4, -0.2) is 34.6 Å². The zero-order chi connectivity index (χ0) is 16.2. The molecule has 120 valence electrons. The molecule has 0 saturated heterocycles. The van der Waals surface area contributed by atoms with Crippen LogP contribution in [0.3, 0.4) is 0 Å². The molecule has 1 N–H and O–H groups in total. The Morgan fingerprint density at radius 1 is 1.30 bits per heavy atom. The standard InChI is InChI=1S/C18H20N2O3/c1-20(11-13-6-8-19-9-7-13)18(22)15-4-5-16(21)17(10-15)23-12-14-2-3-14/h4-10,14,21H,2-3,11-12H2,1H3. The number of hydrogen-bond donors (Lipinski definition) is 1. The third kappa shape index (κ3) is 4.00. The second kappa shape index (κ2) is 6.69. The number of amides is 1. The molecule has 0 radical (unpaired) electrons. The van der Waals surface area contributed by atoms with Crippen LogP contribution in [0.1, 0.15) is 28.8 Å². The highest BCUT2D eigenvalue weighted by Crippen LogP contribution is 2.33. The van der Waals surface area contributed by atoms with Gasteiger partial charge in [0.2, 0.25) is 0 Å². The van der Waals surface area contributed by atoms with Gasteiger partial charge in [-0.1, -0.05) is 0 Å². The second-order valence-corrected chi connectivity index (χ2v) is 5.95. The van der Waals surface area contributed by atoms with Crippen molar-refractivity contribution in [1.29, 1.82) is 0 Å². The summed E-state index contributed by atoms with van der Waals surface area (Å²) in [7, 11) is 1.75. The number of aromatic nitrogens is 1. The van der Waals surface area contributed by atoms with E-state index in [0.717, 1.165) is 5.56 Å². The lowest BCUT2D eigenvalue weighted by Gasteiger charge is -2.18. The Balaban J connectivity index is 1.69. The molecular formula is C18H20N2O3. The summed E-state index contributed by atoms with van der Waals surface area (Å²) in [4.78, 5) is 18.1. The first-order valence-electron chi connectivity index (χ1n) is 7.73. The monoisotopic (exact) mass is 312 g/mol. The molecule has 0 bridgehead atoms. The molecule has 1 amide bonds. The number of carbonyl (C=O) groups is 1. The second-order valence-electron chi connectivity index (χ2n) is 5.95. The summed E-state index contributed by atoms with van der Waals surface area (Å²) in [6, 6.07) is 8.50. The zero-order valence-electron chi connectivity index (χ0n) is 13.1. The lowest BCUT2D eigenvalue weighted by Crippen LogP contribution is -2.26. The minimum Gasteiger partial charge on any atom is -0.504 e. The van der Waals surface area contributed by atoms with E-state index in [1.165, 1.54) is 18.9 Å². The van der Waals surface area contributed by atoms with Gasteiger partial charge in [0.25, 0.3) is 5.91 Å². The normalized spacial score (nSPS) is 13.6. The van der Waals surface area contributed by atoms with Crippen molar-refractivity contribution < 1.29 is 14.6 Å². The number of carbonyl (C=O) groups excluding carboxylic acids is 1. The van der Waals surface area contributed by atoms with Crippen LogP contribution in [-0.2, 0) is 6.54 Å². The lowest BCUT2D eigenvalue weighted by atomic mass is 10.1. The Morgan fingerprint density at radius 3 is 2.74 bits per heavy atom. The van der Waals surface area contributed by atoms with Gasteiger partial charge < -0.3 is 14.7 Å². The highest BCUT2D eigenvalue weighted by atomic mass is 16.5. The molecule has 5 nitrogen and oxygen atoms in total. The van der Waals surface area contributed by atoms with Crippen LogP contribution in [0.4, 0.5) is 0 Å². The average molecular weight is 312 g/mol. The predicted octanol–water partition coefficient (Wildman–Crippen LogP) is 2.85. The van der Waals surface area contributed by atoms with Gasteiger partial charge in [-0.25, -0.2) is 0 Å². The van der Waals surface area contributed by atoms with Crippen LogP contribution in [0.5, 0.6) is 11.5 Å². The molecule has 1 fully saturated rings. The summed E-state index contributed by atoms with van der Waals surface area (Å²) in [6.07, 6.45) is 5.76. The third-order valence-corrected chi connectivity index (χ3v) is 3.89. The quantitative estimate of drug-likeness (QED) is 0.891. The molecule has 1 saturated carbocycles. The summed E-state index contributed by atoms with van der Waals surface area (Å²) < 4.78 is 5.62. The van der Waals surface area contributed by atoms with Crippen molar-refractivity contribution in [3.63, 3.8) is 0 Å². The fourth-order valence-electron chi connectivity index (χ4n) is 2.31. The van der Waals surface area contributed by atoms with Gasteiger partial charge in [-0.3, -0.25) is 9.78 Å². The number of aromatic hydroxyl groups is 1. The Hall–Kier alpha value is -2.56. The molecule has 2 aromatic rings. The van der Waals surface area contributed by atoms with E-state index >= 15 is 0 Å². The molecule has 1 heterocycles. The van der Waals surface area contributed by atoms with E-state index in [4.69, 9.17) is 4.74 Å². The van der Waals surface area contributed by atoms with Crippen LogP contribution in [0.2, 0.25) is 0 Å². The molecule has 3 rings (SSSR count). The molecular weight excluding hydrogens is 292 g/mol. The average Bonchev–Trinajstić information content (AvgIpc) is 3.38. The maximum atomic E-state index is 12.5. The molecule has 1 aliphatic rings. The van der Waals surface area contributed by atoms with Crippen LogP contribution in [0, 0.1) is 5.92 Å². The highest BCUT2D eigenvalue weighted by Gasteiger charge is 2.23. The van der Waals surface area contributed by atoms with Gasteiger partial charge in [0.15, 0.2) is 11.5 Å². The molecule has 1 aromatic heterocycles. The molecule has 0 atom stereocenters. The first-order valence-corrected chi connectivity index (χ1v) is 7.73. The van der Waals surface area contributed by atoms with Gasteiger partial charge in [0.05, 0.1) is 6.61 Å². The fraction of sp³-hybridized carbons (Fsp3) is 0.333. The minimum absolute atomic E-state index is 0.0685. The largest absolute Gasteiger partial charge is 0.504 e. The minimum atomic E-state index is -0.113. The number of phenols is 1. The Bertz CT molecular complexity index is 684. The number of phenolic OH excluding ortho intramolecular Hbond substituents is 1. The Kier molecular flexibility index (Phi) is 4.46. The summed E-state index contributed by atoms with van der Waals surface area (Å²) in [5.41, 5.74) is 1.52. The number of rotatable bonds is 6. The number of benzene rings is 1. The smallest absolute Gasteiger partial charge is 0.254 e. The summed E-state index contributed by atoms with van der Waals surface area (Å²) in [6.45, 7) is 1.10. The van der Waals surface area contributed by atoms with Crippen LogP contribution in [0.25, 0.3) is 0 Å². The van der Waals surface area contributed by atoms with Crippen LogP contribution >= 0.6 is 0 Å². The van der Waals surface area contributed by atoms with Crippen molar-refractivity contribution in [2.24, 2.45) is 5.92 Å². The highest BCUT2D eigenvalue weighted by molar-refractivity contribution is 5.94. The molecule has 1 aromatic carbocycles. The molecule has 5 heteroatoms. The number of nitrogens with zero attached hydrogens (tertiary/aromatic N) is 2. The van der Waals surface area contributed by atoms with E-state index in [0.29, 0.717) is 30.4 Å². The van der Waals surface area contributed by atoms with Gasteiger partial charge in [-0.15, -0.1) is 0 Å². The first-order chi connectivity index (χ1) is 11.1. The zero-order valence-corrected chi connectivity index (χ0v) is 13.1. The number of pyridine rings is 1. The van der Waals surface area contributed by atoms with Crippen LogP contribution < -0.4 is 4.74 Å². The topological polar surface area (TPSA) is 62.7 Å². The molecule has 0 spiro atoms. The Labute approximate surface area is 135 Å². The fourth-order valence-corrected chi connectivity index (χ4v) is 2.31. The van der Waals surface area contributed by atoms with Crippen molar-refractivity contribution in [2.45, 2.75) is 19.4 Å². The molecule has 0 unspecified atom stereocenters. The van der Waals surface area contributed by atoms with E-state index < -0.39 is 0 Å². The maximum Gasteiger partial charge on any atom is 0.254 e. The van der Waals surface area contributed by atoms with E-state index in [1.54, 1.807) is 36.5 Å². The third-order valence-electron chi connectivity index (χ3n) is 3.89. The van der Waals surface area contributed by atoms with E-state index in [2.05, 4.69) is 4.98 Å². The van der Waals surface area contributed by atoms with Crippen molar-refractivity contribution in [2.75, 3.05) is 13.7 Å². The van der Waals surface area contributed by atoms with E-state index in [1.807, 2.05) is 12.1 Å². The van der Waals surface area contributed by atoms with Crippen molar-refractivity contribution >= 4 is 5.91 Å². The maximum absolute atomic E-state index is 12.5. The van der Waals surface area contributed by atoms with Gasteiger partial charge in [-0.2, -0.15) is 0 Å². The van der Waals surface area contributed by atoms with Crippen molar-refractivity contribution in [3.8, 4) is 11.5 Å². The number of ether oxygens (including phenoxy) is 1. The Morgan fingerprint density at radius 2 is 2.04 bits per heavy atom. The van der Waals surface area contributed by atoms with Gasteiger partial charge >= 0.3 is 0 Å². The summed E-state index contributed by atoms with van der Waals surface area (Å²) in [5, 5.41) is 9.87. The number of hydrogen-bond acceptors (Lipinski definition) is 4. The van der Waals surface area contributed by atoms with E-state index in [-0.39, 0.29) is 11.7 Å². The molecule has 23 heavy (non-hydrogen) atoms.